The SMILES string of the molecule is COc1csc(-c2ocnc2CCl)c1. The molecule has 2 rings (SSSR count). The summed E-state index contributed by atoms with van der Waals surface area (Å²) in [5, 5.41) is 1.91. The topological polar surface area (TPSA) is 35.3 Å². The van der Waals surface area contributed by atoms with Crippen LogP contribution in [-0.4, -0.2) is 12.1 Å². The molecule has 2 heterocycles. The summed E-state index contributed by atoms with van der Waals surface area (Å²) in [4.78, 5) is 4.99. The van der Waals surface area contributed by atoms with Gasteiger partial charge in [-0.2, -0.15) is 0 Å². The molecule has 2 aromatic rings. The predicted octanol–water partition coefficient (Wildman–Crippen LogP) is 3.15. The predicted molar refractivity (Wildman–Crippen MR) is 55.9 cm³/mol. The van der Waals surface area contributed by atoms with Crippen LogP contribution in [0.4, 0.5) is 0 Å². The van der Waals surface area contributed by atoms with Crippen molar-refractivity contribution < 1.29 is 9.15 Å². The summed E-state index contributed by atoms with van der Waals surface area (Å²) in [6.45, 7) is 0. The molecule has 0 aliphatic carbocycles. The Labute approximate surface area is 90.3 Å². The number of thiophene rings is 1. The molecular formula is C9H8ClNO2S. The van der Waals surface area contributed by atoms with E-state index in [4.69, 9.17) is 20.8 Å². The summed E-state index contributed by atoms with van der Waals surface area (Å²) in [5.41, 5.74) is 0.760. The van der Waals surface area contributed by atoms with Gasteiger partial charge in [-0.3, -0.25) is 0 Å². The molecule has 0 N–H and O–H groups in total. The Morgan fingerprint density at radius 1 is 1.64 bits per heavy atom. The zero-order valence-corrected chi connectivity index (χ0v) is 9.06. The van der Waals surface area contributed by atoms with E-state index in [1.54, 1.807) is 18.4 Å². The molecule has 0 atom stereocenters. The Hall–Kier alpha value is -1.00. The van der Waals surface area contributed by atoms with E-state index >= 15 is 0 Å². The summed E-state index contributed by atoms with van der Waals surface area (Å²) >= 11 is 7.26. The van der Waals surface area contributed by atoms with E-state index < -0.39 is 0 Å². The van der Waals surface area contributed by atoms with Crippen molar-refractivity contribution >= 4 is 22.9 Å². The summed E-state index contributed by atoms with van der Waals surface area (Å²) < 4.78 is 10.3. The van der Waals surface area contributed by atoms with Crippen LogP contribution in [0, 0.1) is 0 Å². The van der Waals surface area contributed by atoms with Crippen LogP contribution in [0.2, 0.25) is 0 Å². The molecule has 0 saturated carbocycles. The second kappa shape index (κ2) is 4.02. The average molecular weight is 230 g/mol. The Morgan fingerprint density at radius 2 is 2.50 bits per heavy atom. The van der Waals surface area contributed by atoms with Gasteiger partial charge in [0.1, 0.15) is 11.4 Å². The van der Waals surface area contributed by atoms with E-state index in [0.717, 1.165) is 22.1 Å². The number of methoxy groups -OCH3 is 1. The van der Waals surface area contributed by atoms with Crippen LogP contribution < -0.4 is 4.74 Å². The molecule has 5 heteroatoms. The monoisotopic (exact) mass is 229 g/mol. The van der Waals surface area contributed by atoms with Crippen LogP contribution in [0.15, 0.2) is 22.3 Å². The number of oxazole rings is 1. The number of halogens is 1. The molecule has 14 heavy (non-hydrogen) atoms. The van der Waals surface area contributed by atoms with Gasteiger partial charge in [0.25, 0.3) is 0 Å². The lowest BCUT2D eigenvalue weighted by atomic mass is 10.3. The number of hydrogen-bond donors (Lipinski definition) is 0. The van der Waals surface area contributed by atoms with Gasteiger partial charge in [-0.15, -0.1) is 22.9 Å². The first-order valence-corrected chi connectivity index (χ1v) is 5.37. The molecule has 0 aliphatic rings. The summed E-state index contributed by atoms with van der Waals surface area (Å²) in [6.07, 6.45) is 1.40. The molecular weight excluding hydrogens is 222 g/mol. The van der Waals surface area contributed by atoms with Crippen LogP contribution in [0.5, 0.6) is 5.75 Å². The van der Waals surface area contributed by atoms with Gasteiger partial charge < -0.3 is 9.15 Å². The normalized spacial score (nSPS) is 10.4. The Balaban J connectivity index is 2.38. The van der Waals surface area contributed by atoms with E-state index in [1.807, 2.05) is 11.4 Å². The van der Waals surface area contributed by atoms with Gasteiger partial charge >= 0.3 is 0 Å². The maximum atomic E-state index is 5.71. The molecule has 0 unspecified atom stereocenters. The minimum Gasteiger partial charge on any atom is -0.496 e. The van der Waals surface area contributed by atoms with Crippen molar-refractivity contribution in [2.24, 2.45) is 0 Å². The van der Waals surface area contributed by atoms with Gasteiger partial charge in [-0.1, -0.05) is 0 Å². The first kappa shape index (κ1) is 9.55. The molecule has 0 bridgehead atoms. The molecule has 2 aromatic heterocycles. The van der Waals surface area contributed by atoms with E-state index in [9.17, 15) is 0 Å². The summed E-state index contributed by atoms with van der Waals surface area (Å²) in [5.74, 6) is 1.90. The maximum absolute atomic E-state index is 5.71. The fourth-order valence-corrected chi connectivity index (χ4v) is 2.16. The number of aromatic nitrogens is 1. The number of nitrogens with zero attached hydrogens (tertiary/aromatic N) is 1. The van der Waals surface area contributed by atoms with E-state index in [-0.39, 0.29) is 0 Å². The van der Waals surface area contributed by atoms with Crippen LogP contribution in [0.3, 0.4) is 0 Å². The van der Waals surface area contributed by atoms with E-state index in [1.165, 1.54) is 6.39 Å². The minimum atomic E-state index is 0.353. The van der Waals surface area contributed by atoms with Gasteiger partial charge in [0, 0.05) is 11.4 Å². The van der Waals surface area contributed by atoms with Gasteiger partial charge in [0.2, 0.25) is 0 Å². The third-order valence-corrected chi connectivity index (χ3v) is 2.96. The number of ether oxygens (including phenoxy) is 1. The van der Waals surface area contributed by atoms with Crippen LogP contribution in [-0.2, 0) is 5.88 Å². The summed E-state index contributed by atoms with van der Waals surface area (Å²) in [7, 11) is 1.63. The third kappa shape index (κ3) is 1.63. The highest BCUT2D eigenvalue weighted by Gasteiger charge is 2.12. The van der Waals surface area contributed by atoms with Crippen molar-refractivity contribution in [1.29, 1.82) is 0 Å². The van der Waals surface area contributed by atoms with E-state index in [2.05, 4.69) is 4.98 Å². The van der Waals surface area contributed by atoms with Crippen molar-refractivity contribution in [3.63, 3.8) is 0 Å². The van der Waals surface area contributed by atoms with Crippen molar-refractivity contribution in [2.75, 3.05) is 7.11 Å². The lowest BCUT2D eigenvalue weighted by Crippen LogP contribution is -1.80. The largest absolute Gasteiger partial charge is 0.496 e. The van der Waals surface area contributed by atoms with Gasteiger partial charge in [-0.05, 0) is 0 Å². The lowest BCUT2D eigenvalue weighted by Gasteiger charge is -1.92. The highest BCUT2D eigenvalue weighted by Crippen LogP contribution is 2.33. The van der Waals surface area contributed by atoms with Gasteiger partial charge in [-0.25, -0.2) is 4.98 Å². The van der Waals surface area contributed by atoms with Gasteiger partial charge in [0.05, 0.1) is 17.9 Å². The molecule has 0 aromatic carbocycles. The lowest BCUT2D eigenvalue weighted by molar-refractivity contribution is 0.416. The molecule has 0 spiro atoms. The smallest absolute Gasteiger partial charge is 0.181 e. The Bertz CT molecular complexity index is 424. The third-order valence-electron chi connectivity index (χ3n) is 1.80. The number of rotatable bonds is 3. The first-order chi connectivity index (χ1) is 6.85. The molecule has 0 amide bonds. The quantitative estimate of drug-likeness (QED) is 0.759. The Kier molecular flexibility index (Phi) is 2.74. The van der Waals surface area contributed by atoms with Crippen molar-refractivity contribution in [3.8, 4) is 16.4 Å². The molecule has 0 fully saturated rings. The number of hydrogen-bond acceptors (Lipinski definition) is 4. The van der Waals surface area contributed by atoms with Crippen LogP contribution >= 0.6 is 22.9 Å². The maximum Gasteiger partial charge on any atom is 0.181 e. The second-order valence-corrected chi connectivity index (χ2v) is 3.79. The van der Waals surface area contributed by atoms with Crippen LogP contribution in [0.1, 0.15) is 5.69 Å². The van der Waals surface area contributed by atoms with Crippen molar-refractivity contribution in [1.82, 2.24) is 4.98 Å². The zero-order chi connectivity index (χ0) is 9.97. The van der Waals surface area contributed by atoms with E-state index in [0.29, 0.717) is 5.88 Å². The molecule has 0 aliphatic heterocycles. The van der Waals surface area contributed by atoms with Crippen LogP contribution in [0.25, 0.3) is 10.6 Å². The minimum absolute atomic E-state index is 0.353. The highest BCUT2D eigenvalue weighted by atomic mass is 35.5. The summed E-state index contributed by atoms with van der Waals surface area (Å²) in [6, 6.07) is 1.90. The molecule has 0 radical (unpaired) electrons. The average Bonchev–Trinajstić information content (AvgIpc) is 2.85. The zero-order valence-electron chi connectivity index (χ0n) is 7.49. The molecule has 0 saturated heterocycles. The van der Waals surface area contributed by atoms with Gasteiger partial charge in [0.15, 0.2) is 12.2 Å². The molecule has 3 nitrogen and oxygen atoms in total. The van der Waals surface area contributed by atoms with Crippen molar-refractivity contribution in [2.45, 2.75) is 5.88 Å². The van der Waals surface area contributed by atoms with Crippen molar-refractivity contribution in [3.05, 3.63) is 23.5 Å². The fraction of sp³-hybridized carbons (Fsp3) is 0.222. The highest BCUT2D eigenvalue weighted by molar-refractivity contribution is 7.13. The first-order valence-electron chi connectivity index (χ1n) is 3.96. The number of alkyl halides is 1. The fourth-order valence-electron chi connectivity index (χ4n) is 1.11. The second-order valence-electron chi connectivity index (χ2n) is 2.61. The standard InChI is InChI=1S/C9H8ClNO2S/c1-12-6-2-8(14-4-6)9-7(3-10)11-5-13-9/h2,4-5H,3H2,1H3. The molecule has 74 valence electrons. The Morgan fingerprint density at radius 3 is 3.14 bits per heavy atom.